The van der Waals surface area contributed by atoms with Crippen LogP contribution in [0.1, 0.15) is 58.6 Å². The van der Waals surface area contributed by atoms with Crippen LogP contribution in [0.15, 0.2) is 48.5 Å². The first-order valence-corrected chi connectivity index (χ1v) is 14.8. The number of aromatic amines is 1. The van der Waals surface area contributed by atoms with E-state index < -0.39 is 6.04 Å². The van der Waals surface area contributed by atoms with Crippen molar-refractivity contribution in [1.82, 2.24) is 25.3 Å². The largest absolute Gasteiger partial charge is 0.457 e. The number of nitrogens with zero attached hydrogens (tertiary/aromatic N) is 3. The molecule has 10 nitrogen and oxygen atoms in total. The number of likely N-dealkylation sites (N-methyl/N-ethyl adjacent to an activating group) is 1. The average Bonchev–Trinajstić information content (AvgIpc) is 3.43. The lowest BCUT2D eigenvalue weighted by Crippen LogP contribution is -2.58. The van der Waals surface area contributed by atoms with Crippen molar-refractivity contribution in [1.29, 1.82) is 0 Å². The van der Waals surface area contributed by atoms with Gasteiger partial charge in [0.1, 0.15) is 11.5 Å². The van der Waals surface area contributed by atoms with E-state index in [4.69, 9.17) is 9.47 Å². The van der Waals surface area contributed by atoms with Crippen molar-refractivity contribution in [3.05, 3.63) is 76.6 Å². The number of nitrogens with one attached hydrogen (secondary N) is 2. The summed E-state index contributed by atoms with van der Waals surface area (Å²) >= 11 is 0. The van der Waals surface area contributed by atoms with Gasteiger partial charge in [-0.25, -0.2) is 0 Å². The molecule has 0 radical (unpaired) electrons. The van der Waals surface area contributed by atoms with Crippen LogP contribution in [-0.2, 0) is 40.2 Å². The number of aryl methyl sites for hydroxylation is 2. The smallest absolute Gasteiger partial charge is 0.274 e. The fourth-order valence-electron chi connectivity index (χ4n) is 6.06. The molecule has 4 bridgehead atoms. The standard InChI is InChI=1S/C32H37N5O5/c1-36-19-29(38)33-27-18-37(32(40)31-25-10-2-3-11-26(25)34-35-31)15-14-28(27)41-20-22-7-5-9-24(17-22)42-23-8-4-6-21(16-23)12-13-30(36)39/h4-9,16-17,27-28H,2-3,10-15,18-20H2,1H3,(H,33,38)(H,34,35)/t27-,28+/m0/s1. The van der Waals surface area contributed by atoms with Gasteiger partial charge in [-0.05, 0) is 73.9 Å². The van der Waals surface area contributed by atoms with E-state index in [2.05, 4.69) is 15.5 Å². The van der Waals surface area contributed by atoms with E-state index in [0.29, 0.717) is 49.7 Å². The van der Waals surface area contributed by atoms with Gasteiger partial charge in [-0.3, -0.25) is 19.5 Å². The van der Waals surface area contributed by atoms with Gasteiger partial charge in [-0.15, -0.1) is 0 Å². The minimum Gasteiger partial charge on any atom is -0.457 e. The minimum absolute atomic E-state index is 0.0753. The summed E-state index contributed by atoms with van der Waals surface area (Å²) in [6.07, 6.45) is 4.95. The molecule has 1 fully saturated rings. The van der Waals surface area contributed by atoms with Crippen molar-refractivity contribution in [3.8, 4) is 11.5 Å². The van der Waals surface area contributed by atoms with Crippen LogP contribution in [0.2, 0.25) is 0 Å². The molecule has 1 aromatic heterocycles. The maximum absolute atomic E-state index is 13.6. The third kappa shape index (κ3) is 6.33. The van der Waals surface area contributed by atoms with E-state index in [1.54, 1.807) is 11.9 Å². The highest BCUT2D eigenvalue weighted by atomic mass is 16.5. The molecule has 3 aliphatic rings. The van der Waals surface area contributed by atoms with Crippen LogP contribution in [0.25, 0.3) is 0 Å². The number of likely N-dealkylation sites (tertiary alicyclic amines) is 1. The number of amides is 3. The second-order valence-corrected chi connectivity index (χ2v) is 11.4. The molecule has 2 N–H and O–H groups in total. The van der Waals surface area contributed by atoms with E-state index >= 15 is 0 Å². The normalized spacial score (nSPS) is 21.7. The Bertz CT molecular complexity index is 1470. The zero-order chi connectivity index (χ0) is 29.1. The van der Waals surface area contributed by atoms with Crippen molar-refractivity contribution in [2.75, 3.05) is 26.7 Å². The monoisotopic (exact) mass is 571 g/mol. The number of carbonyl (C=O) groups excluding carboxylic acids is 3. The van der Waals surface area contributed by atoms with E-state index in [1.165, 1.54) is 4.90 Å². The third-order valence-corrected chi connectivity index (χ3v) is 8.37. The Kier molecular flexibility index (Phi) is 8.23. The van der Waals surface area contributed by atoms with Gasteiger partial charge in [0, 0.05) is 37.8 Å². The highest BCUT2D eigenvalue weighted by Gasteiger charge is 2.36. The first-order valence-electron chi connectivity index (χ1n) is 14.8. The Morgan fingerprint density at radius 1 is 0.976 bits per heavy atom. The van der Waals surface area contributed by atoms with Gasteiger partial charge in [0.25, 0.3) is 5.91 Å². The zero-order valence-corrected chi connectivity index (χ0v) is 23.9. The second-order valence-electron chi connectivity index (χ2n) is 11.4. The maximum Gasteiger partial charge on any atom is 0.274 e. The first kappa shape index (κ1) is 28.0. The molecule has 10 heteroatoms. The van der Waals surface area contributed by atoms with E-state index in [1.807, 2.05) is 48.5 Å². The van der Waals surface area contributed by atoms with E-state index in [9.17, 15) is 14.4 Å². The Morgan fingerprint density at radius 2 is 1.74 bits per heavy atom. The maximum atomic E-state index is 13.6. The fraction of sp³-hybridized carbons (Fsp3) is 0.438. The molecule has 0 spiro atoms. The van der Waals surface area contributed by atoms with Gasteiger partial charge in [-0.2, -0.15) is 5.10 Å². The summed E-state index contributed by atoms with van der Waals surface area (Å²) in [5.41, 5.74) is 4.49. The molecule has 2 atom stereocenters. The van der Waals surface area contributed by atoms with Crippen LogP contribution in [0.4, 0.5) is 0 Å². The van der Waals surface area contributed by atoms with Crippen molar-refractivity contribution in [2.24, 2.45) is 0 Å². The predicted molar refractivity (Wildman–Crippen MR) is 155 cm³/mol. The number of benzene rings is 2. The lowest BCUT2D eigenvalue weighted by Gasteiger charge is -2.39. The van der Waals surface area contributed by atoms with Gasteiger partial charge < -0.3 is 24.6 Å². The van der Waals surface area contributed by atoms with E-state index in [0.717, 1.165) is 48.1 Å². The molecule has 3 amide bonds. The topological polar surface area (TPSA) is 117 Å². The van der Waals surface area contributed by atoms with Crippen molar-refractivity contribution < 1.29 is 23.9 Å². The number of rotatable bonds is 1. The lowest BCUT2D eigenvalue weighted by atomic mass is 9.95. The molecule has 2 aliphatic heterocycles. The van der Waals surface area contributed by atoms with Crippen molar-refractivity contribution in [3.63, 3.8) is 0 Å². The Balaban J connectivity index is 1.22. The molecule has 3 heterocycles. The highest BCUT2D eigenvalue weighted by Crippen LogP contribution is 2.27. The third-order valence-electron chi connectivity index (χ3n) is 8.37. The highest BCUT2D eigenvalue weighted by molar-refractivity contribution is 5.94. The molecular weight excluding hydrogens is 534 g/mol. The SMILES string of the molecule is CN1CC(=O)N[C@H]2CN(C(=O)c3n[nH]c4c3CCCC4)CC[C@H]2OCc2cccc(c2)Oc2cccc(c2)CCC1=O. The number of fused-ring (bicyclic) bond motifs is 6. The molecule has 3 aromatic rings. The number of carbonyl (C=O) groups is 3. The summed E-state index contributed by atoms with van der Waals surface area (Å²) < 4.78 is 12.5. The molecule has 220 valence electrons. The van der Waals surface area contributed by atoms with Crippen LogP contribution < -0.4 is 10.1 Å². The number of hydrogen-bond donors (Lipinski definition) is 2. The van der Waals surface area contributed by atoms with Crippen molar-refractivity contribution >= 4 is 17.7 Å². The number of ether oxygens (including phenoxy) is 2. The molecule has 1 saturated heterocycles. The van der Waals surface area contributed by atoms with Crippen LogP contribution in [0, 0.1) is 0 Å². The Hall–Kier alpha value is -4.18. The van der Waals surface area contributed by atoms with Crippen LogP contribution in [0.3, 0.4) is 0 Å². The molecule has 42 heavy (non-hydrogen) atoms. The molecular formula is C32H37N5O5. The van der Waals surface area contributed by atoms with Crippen LogP contribution in [-0.4, -0.2) is 76.5 Å². The number of H-pyrrole nitrogens is 1. The molecule has 2 aromatic carbocycles. The van der Waals surface area contributed by atoms with E-state index in [-0.39, 0.29) is 36.8 Å². The van der Waals surface area contributed by atoms with Gasteiger partial charge in [0.05, 0.1) is 25.3 Å². The Morgan fingerprint density at radius 3 is 2.57 bits per heavy atom. The van der Waals surface area contributed by atoms with Gasteiger partial charge in [0.2, 0.25) is 11.8 Å². The first-order chi connectivity index (χ1) is 20.4. The van der Waals surface area contributed by atoms with Gasteiger partial charge in [-0.1, -0.05) is 24.3 Å². The number of piperidine rings is 1. The lowest BCUT2D eigenvalue weighted by molar-refractivity contribution is -0.135. The average molecular weight is 572 g/mol. The molecule has 6 rings (SSSR count). The predicted octanol–water partition coefficient (Wildman–Crippen LogP) is 3.40. The Labute approximate surface area is 245 Å². The molecule has 0 saturated carbocycles. The summed E-state index contributed by atoms with van der Waals surface area (Å²) in [7, 11) is 1.64. The number of hydrogen-bond acceptors (Lipinski definition) is 6. The summed E-state index contributed by atoms with van der Waals surface area (Å²) in [4.78, 5) is 42.8. The van der Waals surface area contributed by atoms with Gasteiger partial charge >= 0.3 is 0 Å². The van der Waals surface area contributed by atoms with Gasteiger partial charge in [0.15, 0.2) is 5.69 Å². The zero-order valence-electron chi connectivity index (χ0n) is 23.9. The fourth-order valence-corrected chi connectivity index (χ4v) is 6.06. The minimum atomic E-state index is -0.438. The van der Waals surface area contributed by atoms with Crippen LogP contribution in [0.5, 0.6) is 11.5 Å². The summed E-state index contributed by atoms with van der Waals surface area (Å²) in [6.45, 7) is 1.04. The van der Waals surface area contributed by atoms with Crippen molar-refractivity contribution in [2.45, 2.75) is 63.7 Å². The quantitative estimate of drug-likeness (QED) is 0.463. The summed E-state index contributed by atoms with van der Waals surface area (Å²) in [5.74, 6) is 0.859. The molecule has 1 aliphatic carbocycles. The van der Waals surface area contributed by atoms with Crippen LogP contribution >= 0.6 is 0 Å². The number of aromatic nitrogens is 2. The molecule has 0 unspecified atom stereocenters. The summed E-state index contributed by atoms with van der Waals surface area (Å²) in [5, 5.41) is 10.5. The second kappa shape index (κ2) is 12.4. The summed E-state index contributed by atoms with van der Waals surface area (Å²) in [6, 6.07) is 15.0.